The molecule has 1 aromatic heterocycles. The first-order chi connectivity index (χ1) is 24.2. The number of aromatic nitrogens is 1. The topological polar surface area (TPSA) is 97.6 Å². The average molecular weight is 707 g/mol. The number of aromatic carboxylic acids is 1. The van der Waals surface area contributed by atoms with Crippen LogP contribution in [0.5, 0.6) is 5.75 Å². The van der Waals surface area contributed by atoms with Crippen LogP contribution in [0.15, 0.2) is 127 Å². The summed E-state index contributed by atoms with van der Waals surface area (Å²) >= 11 is 6.64. The number of benzene rings is 5. The third kappa shape index (κ3) is 8.28. The molecule has 50 heavy (non-hydrogen) atoms. The minimum Gasteiger partial charge on any atom is -0.497 e. The molecule has 6 rings (SSSR count). The van der Waals surface area contributed by atoms with E-state index >= 15 is 0 Å². The zero-order valence-corrected chi connectivity index (χ0v) is 29.3. The van der Waals surface area contributed by atoms with Gasteiger partial charge in [0, 0.05) is 34.6 Å². The molecule has 0 bridgehead atoms. The highest BCUT2D eigenvalue weighted by Gasteiger charge is 2.26. The molecule has 256 valence electrons. The number of nitrogens with one attached hydrogen (secondary N) is 1. The number of fused-ring (bicyclic) bond motifs is 1. The summed E-state index contributed by atoms with van der Waals surface area (Å²) in [7, 11) is -2.10. The number of nitrogens with zero attached hydrogens (tertiary/aromatic N) is 1. The van der Waals surface area contributed by atoms with Gasteiger partial charge in [0.25, 0.3) is 0 Å². The van der Waals surface area contributed by atoms with Gasteiger partial charge in [-0.2, -0.15) is 0 Å². The number of carboxylic acids is 1. The lowest BCUT2D eigenvalue weighted by Gasteiger charge is -2.25. The molecule has 0 unspecified atom stereocenters. The van der Waals surface area contributed by atoms with Gasteiger partial charge in [0.2, 0.25) is 10.0 Å². The number of ether oxygens (including phenoxy) is 1. The monoisotopic (exact) mass is 706 g/mol. The molecule has 7 nitrogen and oxygen atoms in total. The third-order valence-corrected chi connectivity index (χ3v) is 10.5. The fourth-order valence-electron chi connectivity index (χ4n) is 6.65. The van der Waals surface area contributed by atoms with Crippen molar-refractivity contribution in [1.82, 2.24) is 9.29 Å². The summed E-state index contributed by atoms with van der Waals surface area (Å²) in [5.74, 6) is -0.500. The standard InChI is InChI=1S/C41H39ClN2O5S/c1-49-35-16-8-11-30(26-35)28-50(47,48)43-25-24-39-36(17-9-10-29-18-20-33(21-19-29)41(45)46)37-27-34(42)22-23-38(37)44(39)40(31-12-4-2-5-13-31)32-14-6-3-7-15-32/h2-8,11-16,18-23,26-27,40,43H,9-10,17,24-25,28H2,1H3,(H,45,46). The van der Waals surface area contributed by atoms with Crippen molar-refractivity contribution in [2.45, 2.75) is 37.5 Å². The fourth-order valence-corrected chi connectivity index (χ4v) is 7.96. The summed E-state index contributed by atoms with van der Waals surface area (Å²) in [4.78, 5) is 11.4. The molecule has 0 saturated heterocycles. The first-order valence-corrected chi connectivity index (χ1v) is 18.6. The highest BCUT2D eigenvalue weighted by Crippen LogP contribution is 2.38. The van der Waals surface area contributed by atoms with Crippen LogP contribution in [0.2, 0.25) is 5.02 Å². The van der Waals surface area contributed by atoms with Crippen molar-refractivity contribution in [2.75, 3.05) is 13.7 Å². The Hall–Kier alpha value is -4.89. The van der Waals surface area contributed by atoms with Gasteiger partial charge in [-0.15, -0.1) is 0 Å². The smallest absolute Gasteiger partial charge is 0.335 e. The van der Waals surface area contributed by atoms with E-state index in [4.69, 9.17) is 16.3 Å². The van der Waals surface area contributed by atoms with E-state index in [0.29, 0.717) is 29.2 Å². The van der Waals surface area contributed by atoms with Crippen LogP contribution in [-0.4, -0.2) is 37.7 Å². The van der Waals surface area contributed by atoms with E-state index in [0.717, 1.165) is 51.7 Å². The molecule has 1 heterocycles. The van der Waals surface area contributed by atoms with Gasteiger partial charge in [-0.05, 0) is 89.5 Å². The minimum absolute atomic E-state index is 0.160. The van der Waals surface area contributed by atoms with Crippen LogP contribution in [0.4, 0.5) is 0 Å². The van der Waals surface area contributed by atoms with Crippen molar-refractivity contribution in [3.05, 3.63) is 171 Å². The molecular weight excluding hydrogens is 668 g/mol. The van der Waals surface area contributed by atoms with Crippen molar-refractivity contribution in [3.8, 4) is 5.75 Å². The van der Waals surface area contributed by atoms with Crippen molar-refractivity contribution in [1.29, 1.82) is 0 Å². The summed E-state index contributed by atoms with van der Waals surface area (Å²) in [5, 5.41) is 11.0. The van der Waals surface area contributed by atoms with Gasteiger partial charge in [0.05, 0.1) is 24.5 Å². The number of hydrogen-bond acceptors (Lipinski definition) is 4. The number of rotatable bonds is 15. The number of carbonyl (C=O) groups is 1. The summed E-state index contributed by atoms with van der Waals surface area (Å²) in [6.07, 6.45) is 2.71. The molecule has 0 radical (unpaired) electrons. The second-order valence-electron chi connectivity index (χ2n) is 12.3. The number of sulfonamides is 1. The van der Waals surface area contributed by atoms with Crippen LogP contribution in [-0.2, 0) is 35.0 Å². The quantitative estimate of drug-likeness (QED) is 0.112. The van der Waals surface area contributed by atoms with Crippen molar-refractivity contribution in [3.63, 3.8) is 0 Å². The van der Waals surface area contributed by atoms with Crippen LogP contribution >= 0.6 is 11.6 Å². The third-order valence-electron chi connectivity index (χ3n) is 8.94. The summed E-state index contributed by atoms with van der Waals surface area (Å²) in [6.45, 7) is 0.205. The van der Waals surface area contributed by atoms with Gasteiger partial charge >= 0.3 is 5.97 Å². The lowest BCUT2D eigenvalue weighted by molar-refractivity contribution is 0.0697. The van der Waals surface area contributed by atoms with Crippen LogP contribution in [0.25, 0.3) is 10.9 Å². The SMILES string of the molecule is COc1cccc(CS(=O)(=O)NCCc2c(CCCc3ccc(C(=O)O)cc3)c3cc(Cl)ccc3n2C(c2ccccc2)c2ccccc2)c1. The molecule has 0 aliphatic heterocycles. The second-order valence-corrected chi connectivity index (χ2v) is 14.5. The average Bonchev–Trinajstić information content (AvgIpc) is 3.40. The molecule has 0 amide bonds. The zero-order chi connectivity index (χ0) is 35.1. The van der Waals surface area contributed by atoms with Crippen LogP contribution in [0.1, 0.15) is 56.3 Å². The van der Waals surface area contributed by atoms with Crippen LogP contribution in [0.3, 0.4) is 0 Å². The maximum atomic E-state index is 13.3. The Labute approximate surface area is 298 Å². The Kier molecular flexibility index (Phi) is 11.0. The minimum atomic E-state index is -3.66. The molecule has 0 fully saturated rings. The number of halogens is 1. The predicted octanol–water partition coefficient (Wildman–Crippen LogP) is 8.48. The first-order valence-electron chi connectivity index (χ1n) is 16.6. The molecule has 0 aliphatic rings. The van der Waals surface area contributed by atoms with Crippen molar-refractivity contribution < 1.29 is 23.1 Å². The maximum absolute atomic E-state index is 13.3. The fraction of sp³-hybridized carbons (Fsp3) is 0.195. The Bertz CT molecular complexity index is 2140. The number of hydrogen-bond donors (Lipinski definition) is 2. The van der Waals surface area contributed by atoms with Gasteiger partial charge in [-0.1, -0.05) is 96.5 Å². The number of carboxylic acid groups (broad SMARTS) is 1. The lowest BCUT2D eigenvalue weighted by Crippen LogP contribution is -2.28. The Morgan fingerprint density at radius 1 is 0.800 bits per heavy atom. The predicted molar refractivity (Wildman–Crippen MR) is 200 cm³/mol. The molecule has 0 saturated carbocycles. The Balaban J connectivity index is 1.39. The van der Waals surface area contributed by atoms with Gasteiger partial charge in [-0.3, -0.25) is 0 Å². The van der Waals surface area contributed by atoms with Crippen LogP contribution in [0, 0.1) is 0 Å². The Morgan fingerprint density at radius 2 is 1.48 bits per heavy atom. The van der Waals surface area contributed by atoms with Gasteiger partial charge < -0.3 is 14.4 Å². The summed E-state index contributed by atoms with van der Waals surface area (Å²) in [6, 6.07) is 40.5. The van der Waals surface area contributed by atoms with Gasteiger partial charge in [-0.25, -0.2) is 17.9 Å². The van der Waals surface area contributed by atoms with E-state index in [1.165, 1.54) is 0 Å². The molecule has 5 aromatic carbocycles. The molecule has 6 aromatic rings. The van der Waals surface area contributed by atoms with Gasteiger partial charge in [0.15, 0.2) is 0 Å². The second kappa shape index (κ2) is 15.8. The summed E-state index contributed by atoms with van der Waals surface area (Å²) < 4.78 is 37.2. The van der Waals surface area contributed by atoms with E-state index in [-0.39, 0.29) is 23.9 Å². The molecule has 0 aliphatic carbocycles. The molecule has 9 heteroatoms. The van der Waals surface area contributed by atoms with E-state index in [2.05, 4.69) is 39.6 Å². The lowest BCUT2D eigenvalue weighted by atomic mass is 9.97. The molecule has 0 spiro atoms. The molecule has 0 atom stereocenters. The molecule has 2 N–H and O–H groups in total. The Morgan fingerprint density at radius 3 is 2.12 bits per heavy atom. The number of aryl methyl sites for hydroxylation is 2. The van der Waals surface area contributed by atoms with Crippen molar-refractivity contribution in [2.24, 2.45) is 0 Å². The number of methoxy groups -OCH3 is 1. The molecular formula is C41H39ClN2O5S. The zero-order valence-electron chi connectivity index (χ0n) is 27.8. The van der Waals surface area contributed by atoms with E-state index in [9.17, 15) is 18.3 Å². The van der Waals surface area contributed by atoms with Crippen LogP contribution < -0.4 is 9.46 Å². The maximum Gasteiger partial charge on any atom is 0.335 e. The van der Waals surface area contributed by atoms with E-state index in [1.807, 2.05) is 60.7 Å². The largest absolute Gasteiger partial charge is 0.497 e. The normalized spacial score (nSPS) is 11.7. The highest BCUT2D eigenvalue weighted by molar-refractivity contribution is 7.88. The first kappa shape index (κ1) is 35.0. The van der Waals surface area contributed by atoms with E-state index < -0.39 is 16.0 Å². The van der Waals surface area contributed by atoms with Crippen molar-refractivity contribution >= 4 is 38.5 Å². The summed E-state index contributed by atoms with van der Waals surface area (Å²) in [5.41, 5.74) is 7.34. The highest BCUT2D eigenvalue weighted by atomic mass is 35.5. The van der Waals surface area contributed by atoms with E-state index in [1.54, 1.807) is 43.5 Å². The van der Waals surface area contributed by atoms with Gasteiger partial charge in [0.1, 0.15) is 5.75 Å².